The van der Waals surface area contributed by atoms with E-state index in [1.807, 2.05) is 44.2 Å². The summed E-state index contributed by atoms with van der Waals surface area (Å²) in [5.41, 5.74) is 7.07. The molecule has 0 aliphatic carbocycles. The lowest BCUT2D eigenvalue weighted by atomic mass is 10.00. The molecule has 0 amide bonds. The van der Waals surface area contributed by atoms with Crippen LogP contribution in [0.4, 0.5) is 4.39 Å². The van der Waals surface area contributed by atoms with Crippen LogP contribution in [0.5, 0.6) is 0 Å². The van der Waals surface area contributed by atoms with Crippen LogP contribution in [0.15, 0.2) is 90.7 Å². The van der Waals surface area contributed by atoms with Gasteiger partial charge in [0, 0.05) is 27.9 Å². The number of aromatic amines is 2. The summed E-state index contributed by atoms with van der Waals surface area (Å²) in [6.45, 7) is 13.4. The lowest BCUT2D eigenvalue weighted by Gasteiger charge is -2.10. The maximum atomic E-state index is 13.9. The van der Waals surface area contributed by atoms with Crippen LogP contribution >= 0.6 is 0 Å². The van der Waals surface area contributed by atoms with Crippen LogP contribution in [-0.4, -0.2) is 45.7 Å². The van der Waals surface area contributed by atoms with Gasteiger partial charge in [-0.3, -0.25) is 10.1 Å². The monoisotopic (exact) mass is 521 g/mol. The van der Waals surface area contributed by atoms with Gasteiger partial charge in [0.1, 0.15) is 11.5 Å². The summed E-state index contributed by atoms with van der Waals surface area (Å²) >= 11 is 0. The minimum atomic E-state index is -0.293. The summed E-state index contributed by atoms with van der Waals surface area (Å²) in [4.78, 5) is 10.2. The summed E-state index contributed by atoms with van der Waals surface area (Å²) in [6, 6.07) is 10.4. The Morgan fingerprint density at radius 1 is 1.13 bits per heavy atom. The number of H-pyrrole nitrogens is 2. The lowest BCUT2D eigenvalue weighted by Crippen LogP contribution is -2.23. The van der Waals surface area contributed by atoms with Crippen LogP contribution in [0.1, 0.15) is 26.7 Å². The first kappa shape index (κ1) is 27.7. The van der Waals surface area contributed by atoms with Gasteiger partial charge in [-0.05, 0) is 94.4 Å². The minimum Gasteiger partial charge on any atom is -0.353 e. The molecule has 39 heavy (non-hydrogen) atoms. The molecule has 0 unspecified atom stereocenters. The van der Waals surface area contributed by atoms with Crippen molar-refractivity contribution in [1.82, 2.24) is 25.1 Å². The molecule has 0 fully saturated rings. The minimum absolute atomic E-state index is 0.293. The second kappa shape index (κ2) is 12.5. The number of allylic oxidation sites excluding steroid dienone is 6. The van der Waals surface area contributed by atoms with Crippen LogP contribution in [0, 0.1) is 5.82 Å². The molecule has 0 bridgehead atoms. The predicted molar refractivity (Wildman–Crippen MR) is 162 cm³/mol. The number of halogens is 1. The summed E-state index contributed by atoms with van der Waals surface area (Å²) in [5.74, 6) is -0.293. The maximum Gasteiger partial charge on any atom is 0.123 e. The molecule has 0 radical (unpaired) electrons. The van der Waals surface area contributed by atoms with Crippen molar-refractivity contribution in [3.63, 3.8) is 0 Å². The maximum absolute atomic E-state index is 13.9. The largest absolute Gasteiger partial charge is 0.353 e. The highest BCUT2D eigenvalue weighted by Crippen LogP contribution is 2.29. The highest BCUT2D eigenvalue weighted by atomic mass is 19.1. The van der Waals surface area contributed by atoms with Gasteiger partial charge >= 0.3 is 0 Å². The smallest absolute Gasteiger partial charge is 0.123 e. The van der Waals surface area contributed by atoms with Gasteiger partial charge in [0.15, 0.2) is 0 Å². The molecule has 0 spiro atoms. The van der Waals surface area contributed by atoms with E-state index in [0.717, 1.165) is 74.6 Å². The Morgan fingerprint density at radius 2 is 1.95 bits per heavy atom. The molecule has 1 aromatic carbocycles. The fourth-order valence-electron chi connectivity index (χ4n) is 4.63. The van der Waals surface area contributed by atoms with E-state index in [1.54, 1.807) is 12.3 Å². The Balaban J connectivity index is 1.75. The lowest BCUT2D eigenvalue weighted by molar-refractivity contribution is 0.400. The second-order valence-corrected chi connectivity index (χ2v) is 9.75. The number of benzene rings is 1. The summed E-state index contributed by atoms with van der Waals surface area (Å²) in [5, 5.41) is 10.5. The average Bonchev–Trinajstić information content (AvgIpc) is 3.53. The normalized spacial score (nSPS) is 13.6. The molecule has 3 aromatic heterocycles. The van der Waals surface area contributed by atoms with Crippen molar-refractivity contribution in [2.75, 3.05) is 20.6 Å². The van der Waals surface area contributed by atoms with E-state index in [1.165, 1.54) is 17.7 Å². The highest BCUT2D eigenvalue weighted by molar-refractivity contribution is 5.96. The van der Waals surface area contributed by atoms with Crippen molar-refractivity contribution in [2.45, 2.75) is 26.7 Å². The van der Waals surface area contributed by atoms with Gasteiger partial charge in [0.25, 0.3) is 0 Å². The second-order valence-electron chi connectivity index (χ2n) is 9.75. The van der Waals surface area contributed by atoms with Gasteiger partial charge in [0.2, 0.25) is 0 Å². The predicted octanol–water partition coefficient (Wildman–Crippen LogP) is 6.30. The van der Waals surface area contributed by atoms with Gasteiger partial charge in [-0.1, -0.05) is 49.6 Å². The number of hydrogen-bond acceptors (Lipinski definition) is 3. The Hall–Kier alpha value is -4.29. The molecule has 3 heterocycles. The van der Waals surface area contributed by atoms with E-state index in [9.17, 15) is 4.39 Å². The number of rotatable bonds is 10. The zero-order chi connectivity index (χ0) is 27.9. The molecule has 0 saturated carbocycles. The molecule has 200 valence electrons. The van der Waals surface area contributed by atoms with Crippen molar-refractivity contribution < 1.29 is 4.39 Å². The number of pyridine rings is 1. The number of aromatic nitrogens is 4. The first-order valence-corrected chi connectivity index (χ1v) is 13.1. The van der Waals surface area contributed by atoms with Gasteiger partial charge < -0.3 is 9.88 Å². The van der Waals surface area contributed by atoms with Crippen LogP contribution in [0.25, 0.3) is 45.7 Å². The zero-order valence-corrected chi connectivity index (χ0v) is 23.2. The highest BCUT2D eigenvalue weighted by Gasteiger charge is 2.14. The molecule has 0 aliphatic heterocycles. The Morgan fingerprint density at radius 3 is 2.64 bits per heavy atom. The van der Waals surface area contributed by atoms with Crippen LogP contribution in [0.2, 0.25) is 0 Å². The third-order valence-corrected chi connectivity index (χ3v) is 6.70. The Kier molecular flexibility index (Phi) is 8.89. The van der Waals surface area contributed by atoms with Crippen molar-refractivity contribution >= 4 is 23.1 Å². The molecular weight excluding hydrogens is 485 g/mol. The fraction of sp³-hybridized carbons (Fsp3) is 0.212. The van der Waals surface area contributed by atoms with E-state index in [-0.39, 0.29) is 5.82 Å². The zero-order valence-electron chi connectivity index (χ0n) is 23.2. The topological polar surface area (TPSA) is 60.6 Å². The molecular formula is C33H36FN5. The van der Waals surface area contributed by atoms with E-state index in [0.29, 0.717) is 0 Å². The molecule has 4 aromatic rings. The summed E-state index contributed by atoms with van der Waals surface area (Å²) < 4.78 is 13.9. The molecule has 6 heteroatoms. The standard InChI is InChI=1S/C33H36FN5/c1-7-23(12-11-17-39(5)6)19-24(8-2)22(4)18-27-29(9-3)37-38-33(27)31-21-28-30(36-31)15-16-35-32(28)25-13-10-14-26(34)20-25/h7-10,13-16,18-21,36-37H,1,4,11-12,17H2,2-3,5-6H3/b23-19+,24-8+,27-18+,29-9+. The third kappa shape index (κ3) is 6.41. The van der Waals surface area contributed by atoms with E-state index < -0.39 is 0 Å². The van der Waals surface area contributed by atoms with Crippen LogP contribution < -0.4 is 10.6 Å². The van der Waals surface area contributed by atoms with Crippen molar-refractivity contribution in [1.29, 1.82) is 0 Å². The number of nitrogens with one attached hydrogen (secondary N) is 2. The first-order valence-electron chi connectivity index (χ1n) is 13.1. The van der Waals surface area contributed by atoms with E-state index in [2.05, 4.69) is 70.5 Å². The van der Waals surface area contributed by atoms with Gasteiger partial charge in [-0.15, -0.1) is 0 Å². The Labute approximate surface area is 229 Å². The molecule has 4 rings (SSSR count). The van der Waals surface area contributed by atoms with Crippen LogP contribution in [-0.2, 0) is 0 Å². The molecule has 0 aliphatic rings. The molecule has 2 N–H and O–H groups in total. The van der Waals surface area contributed by atoms with Gasteiger partial charge in [-0.2, -0.15) is 5.10 Å². The Bertz CT molecular complexity index is 1680. The molecule has 0 saturated heterocycles. The summed E-state index contributed by atoms with van der Waals surface area (Å²) in [6.07, 6.45) is 14.0. The van der Waals surface area contributed by atoms with E-state index >= 15 is 0 Å². The number of fused-ring (bicyclic) bond motifs is 1. The number of nitrogens with zero attached hydrogens (tertiary/aromatic N) is 3. The molecule has 5 nitrogen and oxygen atoms in total. The quantitative estimate of drug-likeness (QED) is 0.241. The first-order chi connectivity index (χ1) is 18.8. The van der Waals surface area contributed by atoms with Gasteiger partial charge in [0.05, 0.1) is 16.7 Å². The number of hydrogen-bond donors (Lipinski definition) is 2. The third-order valence-electron chi connectivity index (χ3n) is 6.70. The van der Waals surface area contributed by atoms with Crippen molar-refractivity contribution in [3.8, 4) is 22.6 Å². The van der Waals surface area contributed by atoms with Crippen molar-refractivity contribution in [2.24, 2.45) is 0 Å². The van der Waals surface area contributed by atoms with E-state index in [4.69, 9.17) is 0 Å². The van der Waals surface area contributed by atoms with Gasteiger partial charge in [-0.25, -0.2) is 4.39 Å². The fourth-order valence-corrected chi connectivity index (χ4v) is 4.63. The molecule has 0 atom stereocenters. The van der Waals surface area contributed by atoms with Crippen molar-refractivity contribution in [3.05, 3.63) is 107 Å². The summed E-state index contributed by atoms with van der Waals surface area (Å²) in [7, 11) is 4.17. The average molecular weight is 522 g/mol. The SMILES string of the molecule is C=C/C(=C\C(=C/C)C(=C)/C=c1/c(-c2cc3c(-c4cccc(F)c4)nccc3[nH]2)n[nH]/c1=C/C)CCCN(C)C. The van der Waals surface area contributed by atoms with Crippen LogP contribution in [0.3, 0.4) is 0 Å².